The van der Waals surface area contributed by atoms with Gasteiger partial charge in [-0.3, -0.25) is 4.79 Å². The van der Waals surface area contributed by atoms with Crippen molar-refractivity contribution >= 4 is 11.6 Å². The van der Waals surface area contributed by atoms with Crippen LogP contribution in [0.5, 0.6) is 5.75 Å². The van der Waals surface area contributed by atoms with E-state index in [0.717, 1.165) is 34.5 Å². The van der Waals surface area contributed by atoms with Crippen LogP contribution in [0, 0.1) is 6.92 Å². The number of carbonyl (C=O) groups is 1. The van der Waals surface area contributed by atoms with Crippen molar-refractivity contribution in [2.45, 2.75) is 46.1 Å². The van der Waals surface area contributed by atoms with Crippen LogP contribution in [-0.2, 0) is 6.42 Å². The minimum atomic E-state index is 0.0782. The van der Waals surface area contributed by atoms with Gasteiger partial charge in [-0.15, -0.1) is 0 Å². The van der Waals surface area contributed by atoms with Gasteiger partial charge in [0.2, 0.25) is 0 Å². The Bertz CT molecular complexity index is 779. The van der Waals surface area contributed by atoms with E-state index in [1.165, 1.54) is 5.56 Å². The highest BCUT2D eigenvalue weighted by molar-refractivity contribution is 6.08. The Kier molecular flexibility index (Phi) is 4.35. The number of benzene rings is 2. The number of methoxy groups -OCH3 is 1. The summed E-state index contributed by atoms with van der Waals surface area (Å²) >= 11 is 0. The highest BCUT2D eigenvalue weighted by Gasteiger charge is 2.32. The van der Waals surface area contributed by atoms with Gasteiger partial charge in [0, 0.05) is 17.3 Å². The number of rotatable bonds is 3. The zero-order chi connectivity index (χ0) is 17.4. The van der Waals surface area contributed by atoms with Crippen LogP contribution < -0.4 is 9.64 Å². The zero-order valence-electron chi connectivity index (χ0n) is 15.1. The number of ether oxygens (including phenoxy) is 1. The van der Waals surface area contributed by atoms with Gasteiger partial charge < -0.3 is 9.64 Å². The Morgan fingerprint density at radius 2 is 1.96 bits per heavy atom. The van der Waals surface area contributed by atoms with Crippen LogP contribution >= 0.6 is 0 Å². The van der Waals surface area contributed by atoms with Crippen molar-refractivity contribution in [3.8, 4) is 5.75 Å². The maximum Gasteiger partial charge on any atom is 0.258 e. The highest BCUT2D eigenvalue weighted by atomic mass is 16.5. The average molecular weight is 323 g/mol. The standard InChI is InChI=1S/C21H25NO2/c1-13(2)17-12-18(14(3)10-20(17)24-5)21(23)22-15(4)11-16-8-6-7-9-19(16)22/h6-10,12-13,15H,11H2,1-5H3/t15-/m0/s1. The number of amides is 1. The summed E-state index contributed by atoms with van der Waals surface area (Å²) in [6.45, 7) is 8.33. The van der Waals surface area contributed by atoms with E-state index in [9.17, 15) is 4.79 Å². The Morgan fingerprint density at radius 3 is 2.62 bits per heavy atom. The van der Waals surface area contributed by atoms with Crippen molar-refractivity contribution in [2.24, 2.45) is 0 Å². The minimum absolute atomic E-state index is 0.0782. The minimum Gasteiger partial charge on any atom is -0.496 e. The number of carbonyl (C=O) groups excluding carboxylic acids is 1. The molecule has 0 aliphatic carbocycles. The van der Waals surface area contributed by atoms with Crippen molar-refractivity contribution in [3.63, 3.8) is 0 Å². The third-order valence-corrected chi connectivity index (χ3v) is 4.86. The Labute approximate surface area is 144 Å². The second-order valence-corrected chi connectivity index (χ2v) is 6.92. The molecule has 1 heterocycles. The number of hydrogen-bond donors (Lipinski definition) is 0. The molecule has 3 nitrogen and oxygen atoms in total. The van der Waals surface area contributed by atoms with Gasteiger partial charge in [-0.2, -0.15) is 0 Å². The van der Waals surface area contributed by atoms with Crippen LogP contribution in [0.3, 0.4) is 0 Å². The molecule has 3 heteroatoms. The van der Waals surface area contributed by atoms with Crippen LogP contribution in [0.15, 0.2) is 36.4 Å². The maximum atomic E-state index is 13.3. The predicted molar refractivity (Wildman–Crippen MR) is 98.2 cm³/mol. The first-order chi connectivity index (χ1) is 11.4. The first kappa shape index (κ1) is 16.6. The molecule has 24 heavy (non-hydrogen) atoms. The molecule has 1 amide bonds. The second kappa shape index (κ2) is 6.31. The molecule has 1 aliphatic heterocycles. The molecular weight excluding hydrogens is 298 g/mol. The highest BCUT2D eigenvalue weighted by Crippen LogP contribution is 2.35. The van der Waals surface area contributed by atoms with Crippen LogP contribution in [-0.4, -0.2) is 19.1 Å². The largest absolute Gasteiger partial charge is 0.496 e. The van der Waals surface area contributed by atoms with Gasteiger partial charge in [0.1, 0.15) is 5.75 Å². The molecule has 0 N–H and O–H groups in total. The van der Waals surface area contributed by atoms with Crippen LogP contribution in [0.4, 0.5) is 5.69 Å². The number of anilines is 1. The topological polar surface area (TPSA) is 29.5 Å². The van der Waals surface area contributed by atoms with E-state index in [4.69, 9.17) is 4.74 Å². The van der Waals surface area contributed by atoms with E-state index in [1.54, 1.807) is 7.11 Å². The Balaban J connectivity index is 2.06. The lowest BCUT2D eigenvalue weighted by molar-refractivity contribution is 0.0980. The van der Waals surface area contributed by atoms with Crippen LogP contribution in [0.2, 0.25) is 0 Å². The Hall–Kier alpha value is -2.29. The fraction of sp³-hybridized carbons (Fsp3) is 0.381. The second-order valence-electron chi connectivity index (χ2n) is 6.92. The summed E-state index contributed by atoms with van der Waals surface area (Å²) in [4.78, 5) is 15.2. The van der Waals surface area contributed by atoms with Gasteiger partial charge in [0.25, 0.3) is 5.91 Å². The van der Waals surface area contributed by atoms with Crippen LogP contribution in [0.1, 0.15) is 53.7 Å². The van der Waals surface area contributed by atoms with E-state index in [-0.39, 0.29) is 11.9 Å². The molecule has 126 valence electrons. The van der Waals surface area contributed by atoms with E-state index in [1.807, 2.05) is 42.2 Å². The third-order valence-electron chi connectivity index (χ3n) is 4.86. The fourth-order valence-electron chi connectivity index (χ4n) is 3.56. The molecule has 0 bridgehead atoms. The van der Waals surface area contributed by atoms with Crippen molar-refractivity contribution in [1.82, 2.24) is 0 Å². The molecule has 0 fully saturated rings. The van der Waals surface area contributed by atoms with E-state index in [0.29, 0.717) is 5.92 Å². The molecule has 0 spiro atoms. The average Bonchev–Trinajstić information content (AvgIpc) is 2.89. The number of nitrogens with zero attached hydrogens (tertiary/aromatic N) is 1. The van der Waals surface area contributed by atoms with Gasteiger partial charge in [-0.25, -0.2) is 0 Å². The molecule has 1 aliphatic rings. The quantitative estimate of drug-likeness (QED) is 0.818. The third kappa shape index (κ3) is 2.68. The number of fused-ring (bicyclic) bond motifs is 1. The maximum absolute atomic E-state index is 13.3. The zero-order valence-corrected chi connectivity index (χ0v) is 15.1. The van der Waals surface area contributed by atoms with E-state index >= 15 is 0 Å². The van der Waals surface area contributed by atoms with Gasteiger partial charge >= 0.3 is 0 Å². The fourth-order valence-corrected chi connectivity index (χ4v) is 3.56. The Morgan fingerprint density at radius 1 is 1.25 bits per heavy atom. The van der Waals surface area contributed by atoms with Crippen molar-refractivity contribution in [3.05, 3.63) is 58.7 Å². The normalized spacial score (nSPS) is 16.4. The summed E-state index contributed by atoms with van der Waals surface area (Å²) in [5.74, 6) is 1.24. The lowest BCUT2D eigenvalue weighted by Gasteiger charge is -2.25. The monoisotopic (exact) mass is 323 g/mol. The summed E-state index contributed by atoms with van der Waals surface area (Å²) in [6, 6.07) is 12.4. The van der Waals surface area contributed by atoms with Gasteiger partial charge in [-0.1, -0.05) is 32.0 Å². The molecule has 0 unspecified atom stereocenters. The summed E-state index contributed by atoms with van der Waals surface area (Å²) in [5.41, 5.74) is 5.08. The number of hydrogen-bond acceptors (Lipinski definition) is 2. The molecule has 2 aromatic rings. The molecule has 0 radical (unpaired) electrons. The molecular formula is C21H25NO2. The van der Waals surface area contributed by atoms with E-state index < -0.39 is 0 Å². The van der Waals surface area contributed by atoms with Crippen molar-refractivity contribution < 1.29 is 9.53 Å². The number of aryl methyl sites for hydroxylation is 1. The van der Waals surface area contributed by atoms with Gasteiger partial charge in [-0.05, 0) is 61.1 Å². The first-order valence-corrected chi connectivity index (χ1v) is 8.54. The van der Waals surface area contributed by atoms with Crippen molar-refractivity contribution in [2.75, 3.05) is 12.0 Å². The molecule has 0 saturated carbocycles. The lowest BCUT2D eigenvalue weighted by atomic mass is 9.95. The molecule has 0 saturated heterocycles. The first-order valence-electron chi connectivity index (χ1n) is 8.54. The SMILES string of the molecule is COc1cc(C)c(C(=O)N2c3ccccc3C[C@@H]2C)cc1C(C)C. The lowest BCUT2D eigenvalue weighted by Crippen LogP contribution is -2.36. The van der Waals surface area contributed by atoms with E-state index in [2.05, 4.69) is 26.8 Å². The number of para-hydroxylation sites is 1. The summed E-state index contributed by atoms with van der Waals surface area (Å²) in [6.07, 6.45) is 0.911. The molecule has 3 rings (SSSR count). The summed E-state index contributed by atoms with van der Waals surface area (Å²) in [7, 11) is 1.68. The predicted octanol–water partition coefficient (Wildman–Crippen LogP) is 4.72. The molecule has 2 aromatic carbocycles. The molecule has 1 atom stereocenters. The van der Waals surface area contributed by atoms with Gasteiger partial charge in [0.05, 0.1) is 7.11 Å². The van der Waals surface area contributed by atoms with Gasteiger partial charge in [0.15, 0.2) is 0 Å². The summed E-state index contributed by atoms with van der Waals surface area (Å²) < 4.78 is 5.50. The van der Waals surface area contributed by atoms with Crippen LogP contribution in [0.25, 0.3) is 0 Å². The summed E-state index contributed by atoms with van der Waals surface area (Å²) in [5, 5.41) is 0. The smallest absolute Gasteiger partial charge is 0.258 e. The molecule has 0 aromatic heterocycles. The van der Waals surface area contributed by atoms with Crippen molar-refractivity contribution in [1.29, 1.82) is 0 Å².